The van der Waals surface area contributed by atoms with E-state index in [1.165, 1.54) is 0 Å². The number of nitrogens with zero attached hydrogens (tertiary/aromatic N) is 4. The van der Waals surface area contributed by atoms with Gasteiger partial charge in [0.2, 0.25) is 17.6 Å². The number of carbonyl (C=O) groups is 1. The molecule has 0 bridgehead atoms. The second kappa shape index (κ2) is 8.75. The fourth-order valence-corrected chi connectivity index (χ4v) is 3.45. The second-order valence-corrected chi connectivity index (χ2v) is 6.99. The molecule has 7 heteroatoms. The van der Waals surface area contributed by atoms with Crippen molar-refractivity contribution in [2.45, 2.75) is 25.9 Å². The van der Waals surface area contributed by atoms with E-state index in [1.807, 2.05) is 48.5 Å². The van der Waals surface area contributed by atoms with E-state index in [1.54, 1.807) is 6.20 Å². The average molecular weight is 377 g/mol. The Bertz CT molecular complexity index is 897. The molecule has 144 valence electrons. The minimum atomic E-state index is -0.0334. The summed E-state index contributed by atoms with van der Waals surface area (Å²) in [6.07, 6.45) is 3.60. The van der Waals surface area contributed by atoms with Crippen LogP contribution in [0, 0.1) is 5.92 Å². The van der Waals surface area contributed by atoms with Crippen LogP contribution in [0.1, 0.15) is 24.4 Å². The van der Waals surface area contributed by atoms with E-state index in [4.69, 9.17) is 4.52 Å². The van der Waals surface area contributed by atoms with Crippen molar-refractivity contribution in [2.24, 2.45) is 5.92 Å². The molecule has 1 fully saturated rings. The van der Waals surface area contributed by atoms with Gasteiger partial charge in [-0.25, -0.2) is 0 Å². The molecule has 1 saturated heterocycles. The number of nitrogens with one attached hydrogen (secondary N) is 1. The van der Waals surface area contributed by atoms with E-state index in [9.17, 15) is 4.79 Å². The maximum Gasteiger partial charge on any atom is 0.241 e. The monoisotopic (exact) mass is 377 g/mol. The van der Waals surface area contributed by atoms with Crippen LogP contribution in [0.3, 0.4) is 0 Å². The van der Waals surface area contributed by atoms with Crippen LogP contribution in [0.2, 0.25) is 0 Å². The van der Waals surface area contributed by atoms with Gasteiger partial charge in [-0.3, -0.25) is 14.7 Å². The highest BCUT2D eigenvalue weighted by atomic mass is 16.5. The molecule has 4 rings (SSSR count). The van der Waals surface area contributed by atoms with E-state index < -0.39 is 0 Å². The molecule has 2 aromatic heterocycles. The van der Waals surface area contributed by atoms with Gasteiger partial charge in [0.1, 0.15) is 0 Å². The SMILES string of the molecule is O=C(NCc1ccccn1)C1CCCN(Cc2nc(-c3ccccc3)no2)C1. The molecule has 3 aromatic rings. The standard InChI is InChI=1S/C21H23N5O2/c27-21(23-13-18-10-4-5-11-22-18)17-9-6-12-26(14-17)15-19-24-20(25-28-19)16-7-2-1-3-8-16/h1-5,7-8,10-11,17H,6,9,12-15H2,(H,23,27). The average Bonchev–Trinajstić information content (AvgIpc) is 3.22. The third kappa shape index (κ3) is 4.61. The zero-order valence-electron chi connectivity index (χ0n) is 15.6. The Morgan fingerprint density at radius 3 is 2.86 bits per heavy atom. The molecule has 0 aliphatic carbocycles. The molecule has 1 unspecified atom stereocenters. The first-order valence-electron chi connectivity index (χ1n) is 9.56. The molecule has 1 amide bonds. The first-order chi connectivity index (χ1) is 13.8. The Morgan fingerprint density at radius 2 is 2.04 bits per heavy atom. The summed E-state index contributed by atoms with van der Waals surface area (Å²) in [5.74, 6) is 1.21. The summed E-state index contributed by atoms with van der Waals surface area (Å²) in [6.45, 7) is 2.63. The van der Waals surface area contributed by atoms with Crippen LogP contribution in [0.15, 0.2) is 59.3 Å². The van der Waals surface area contributed by atoms with Crippen molar-refractivity contribution in [1.29, 1.82) is 0 Å². The van der Waals surface area contributed by atoms with Gasteiger partial charge in [-0.05, 0) is 31.5 Å². The van der Waals surface area contributed by atoms with Gasteiger partial charge in [0.25, 0.3) is 0 Å². The largest absolute Gasteiger partial charge is 0.350 e. The molecule has 1 N–H and O–H groups in total. The molecule has 1 atom stereocenters. The molecule has 0 spiro atoms. The van der Waals surface area contributed by atoms with Gasteiger partial charge in [-0.1, -0.05) is 41.6 Å². The Morgan fingerprint density at radius 1 is 1.18 bits per heavy atom. The van der Waals surface area contributed by atoms with Crippen LogP contribution >= 0.6 is 0 Å². The summed E-state index contributed by atoms with van der Waals surface area (Å²) in [6, 6.07) is 15.5. The summed E-state index contributed by atoms with van der Waals surface area (Å²) >= 11 is 0. The molecule has 28 heavy (non-hydrogen) atoms. The number of hydrogen-bond donors (Lipinski definition) is 1. The Hall–Kier alpha value is -3.06. The van der Waals surface area contributed by atoms with Crippen LogP contribution in [-0.2, 0) is 17.9 Å². The molecule has 7 nitrogen and oxygen atoms in total. The highest BCUT2D eigenvalue weighted by molar-refractivity contribution is 5.78. The van der Waals surface area contributed by atoms with Crippen molar-refractivity contribution in [2.75, 3.05) is 13.1 Å². The molecule has 0 saturated carbocycles. The van der Waals surface area contributed by atoms with Gasteiger partial charge in [0.15, 0.2) is 0 Å². The van der Waals surface area contributed by atoms with Crippen molar-refractivity contribution in [3.05, 3.63) is 66.3 Å². The van der Waals surface area contributed by atoms with Crippen LogP contribution in [0.5, 0.6) is 0 Å². The van der Waals surface area contributed by atoms with E-state index in [0.29, 0.717) is 31.3 Å². The number of carbonyl (C=O) groups excluding carboxylic acids is 1. The number of aromatic nitrogens is 3. The van der Waals surface area contributed by atoms with Crippen LogP contribution < -0.4 is 5.32 Å². The van der Waals surface area contributed by atoms with Gasteiger partial charge in [-0.2, -0.15) is 4.98 Å². The topological polar surface area (TPSA) is 84.2 Å². The van der Waals surface area contributed by atoms with E-state index >= 15 is 0 Å². The summed E-state index contributed by atoms with van der Waals surface area (Å²) in [5, 5.41) is 7.07. The maximum atomic E-state index is 12.5. The molecule has 0 radical (unpaired) electrons. The number of benzene rings is 1. The summed E-state index contributed by atoms with van der Waals surface area (Å²) in [4.78, 5) is 23.5. The zero-order chi connectivity index (χ0) is 19.2. The minimum absolute atomic E-state index is 0.0334. The Balaban J connectivity index is 1.31. The van der Waals surface area contributed by atoms with E-state index in [-0.39, 0.29) is 11.8 Å². The highest BCUT2D eigenvalue weighted by Gasteiger charge is 2.26. The fraction of sp³-hybridized carbons (Fsp3) is 0.333. The normalized spacial score (nSPS) is 17.4. The van der Waals surface area contributed by atoms with Crippen LogP contribution in [0.25, 0.3) is 11.4 Å². The first kappa shape index (κ1) is 18.3. The number of rotatable bonds is 6. The maximum absolute atomic E-state index is 12.5. The smallest absolute Gasteiger partial charge is 0.241 e. The lowest BCUT2D eigenvalue weighted by Crippen LogP contribution is -2.42. The molecule has 3 heterocycles. The third-order valence-corrected chi connectivity index (χ3v) is 4.91. The predicted octanol–water partition coefficient (Wildman–Crippen LogP) is 2.66. The molecule has 1 aliphatic heterocycles. The van der Waals surface area contributed by atoms with Crippen molar-refractivity contribution >= 4 is 5.91 Å². The fourth-order valence-electron chi connectivity index (χ4n) is 3.45. The van der Waals surface area contributed by atoms with Gasteiger partial charge in [0, 0.05) is 18.3 Å². The van der Waals surface area contributed by atoms with Gasteiger partial charge >= 0.3 is 0 Å². The lowest BCUT2D eigenvalue weighted by Gasteiger charge is -2.30. The highest BCUT2D eigenvalue weighted by Crippen LogP contribution is 2.20. The Kier molecular flexibility index (Phi) is 5.72. The van der Waals surface area contributed by atoms with Gasteiger partial charge in [0.05, 0.1) is 24.7 Å². The lowest BCUT2D eigenvalue weighted by molar-refractivity contribution is -0.127. The number of likely N-dealkylation sites (tertiary alicyclic amines) is 1. The summed E-state index contributed by atoms with van der Waals surface area (Å²) in [7, 11) is 0. The molecule has 1 aromatic carbocycles. The zero-order valence-corrected chi connectivity index (χ0v) is 15.6. The number of pyridine rings is 1. The van der Waals surface area contributed by atoms with Crippen molar-refractivity contribution in [3.8, 4) is 11.4 Å². The number of amides is 1. The van der Waals surface area contributed by atoms with E-state index in [2.05, 4.69) is 25.3 Å². The van der Waals surface area contributed by atoms with Gasteiger partial charge < -0.3 is 9.84 Å². The van der Waals surface area contributed by atoms with Crippen LogP contribution in [0.4, 0.5) is 0 Å². The number of hydrogen-bond acceptors (Lipinski definition) is 6. The van der Waals surface area contributed by atoms with E-state index in [0.717, 1.165) is 30.6 Å². The minimum Gasteiger partial charge on any atom is -0.350 e. The number of piperidine rings is 1. The van der Waals surface area contributed by atoms with Gasteiger partial charge in [-0.15, -0.1) is 0 Å². The van der Waals surface area contributed by atoms with Crippen molar-refractivity contribution in [3.63, 3.8) is 0 Å². The summed E-state index contributed by atoms with van der Waals surface area (Å²) < 4.78 is 5.41. The quantitative estimate of drug-likeness (QED) is 0.711. The summed E-state index contributed by atoms with van der Waals surface area (Å²) in [5.41, 5.74) is 1.80. The molecular weight excluding hydrogens is 354 g/mol. The first-order valence-corrected chi connectivity index (χ1v) is 9.56. The van der Waals surface area contributed by atoms with Crippen molar-refractivity contribution < 1.29 is 9.32 Å². The van der Waals surface area contributed by atoms with Crippen molar-refractivity contribution in [1.82, 2.24) is 25.3 Å². The molecule has 1 aliphatic rings. The van der Waals surface area contributed by atoms with Crippen LogP contribution in [-0.4, -0.2) is 39.0 Å². The third-order valence-electron chi connectivity index (χ3n) is 4.91. The second-order valence-electron chi connectivity index (χ2n) is 6.99. The molecular formula is C21H23N5O2. The Labute approximate surface area is 163 Å². The lowest BCUT2D eigenvalue weighted by atomic mass is 9.97. The predicted molar refractivity (Wildman–Crippen MR) is 104 cm³/mol.